The highest BCUT2D eigenvalue weighted by Gasteiger charge is 2.31. The molecule has 10 heteroatoms. The maximum Gasteiger partial charge on any atom is 0.434 e. The normalized spacial score (nSPS) is 12.6. The molecule has 25 heavy (non-hydrogen) atoms. The van der Waals surface area contributed by atoms with Crippen LogP contribution in [0.4, 0.5) is 23.7 Å². The van der Waals surface area contributed by atoms with Gasteiger partial charge in [-0.25, -0.2) is 9.59 Å². The molecule has 0 saturated carbocycles. The predicted octanol–water partition coefficient (Wildman–Crippen LogP) is 3.13. The molecule has 0 aliphatic carbocycles. The second-order valence-corrected chi connectivity index (χ2v) is 5.88. The maximum atomic E-state index is 12.6. The van der Waals surface area contributed by atoms with Crippen molar-refractivity contribution in [1.29, 1.82) is 0 Å². The van der Waals surface area contributed by atoms with Gasteiger partial charge in [-0.1, -0.05) is 0 Å². The smallest absolute Gasteiger partial charge is 0.434 e. The van der Waals surface area contributed by atoms with Gasteiger partial charge in [-0.15, -0.1) is 0 Å². The molecule has 138 valence electrons. The second kappa shape index (κ2) is 7.41. The molecule has 0 radical (unpaired) electrons. The Morgan fingerprint density at radius 2 is 1.84 bits per heavy atom. The van der Waals surface area contributed by atoms with E-state index in [-0.39, 0.29) is 11.4 Å². The predicted molar refractivity (Wildman–Crippen MR) is 82.7 cm³/mol. The van der Waals surface area contributed by atoms with Crippen LogP contribution in [-0.4, -0.2) is 35.1 Å². The van der Waals surface area contributed by atoms with Gasteiger partial charge in [-0.3, -0.25) is 0 Å². The van der Waals surface area contributed by atoms with Gasteiger partial charge in [0, 0.05) is 0 Å². The highest BCUT2D eigenvalue weighted by atomic mass is 19.4. The van der Waals surface area contributed by atoms with Gasteiger partial charge >= 0.3 is 18.2 Å². The lowest BCUT2D eigenvalue weighted by molar-refractivity contribution is -0.137. The van der Waals surface area contributed by atoms with Crippen molar-refractivity contribution in [1.82, 2.24) is 0 Å². The van der Waals surface area contributed by atoms with Gasteiger partial charge in [-0.2, -0.15) is 18.2 Å². The van der Waals surface area contributed by atoms with Gasteiger partial charge in [0.05, 0.1) is 11.3 Å². The summed E-state index contributed by atoms with van der Waals surface area (Å²) in [5.74, 6) is -1.72. The van der Waals surface area contributed by atoms with E-state index in [0.29, 0.717) is 6.07 Å². The molecule has 1 rings (SSSR count). The summed E-state index contributed by atoms with van der Waals surface area (Å²) in [5.41, 5.74) is 2.59. The maximum absolute atomic E-state index is 12.6. The van der Waals surface area contributed by atoms with Crippen molar-refractivity contribution < 1.29 is 37.3 Å². The Kier molecular flexibility index (Phi) is 6.01. The molecule has 0 spiro atoms. The molecule has 1 aromatic rings. The molecule has 0 heterocycles. The summed E-state index contributed by atoms with van der Waals surface area (Å²) < 4.78 is 47.6. The van der Waals surface area contributed by atoms with Gasteiger partial charge in [0.15, 0.2) is 5.71 Å². The number of ether oxygens (including phenoxy) is 2. The van der Waals surface area contributed by atoms with Crippen molar-refractivity contribution in [3.8, 4) is 5.75 Å². The molecule has 0 atom stereocenters. The zero-order chi connectivity index (χ0) is 19.4. The summed E-state index contributed by atoms with van der Waals surface area (Å²) in [7, 11) is 0. The Balaban J connectivity index is 2.89. The molecular formula is C15H17F3N2O5. The number of hydrogen-bond donors (Lipinski definition) is 2. The van der Waals surface area contributed by atoms with Gasteiger partial charge in [0.25, 0.3) is 0 Å². The summed E-state index contributed by atoms with van der Waals surface area (Å²) in [6, 6.07) is 2.34. The minimum Gasteiger partial charge on any atom is -0.485 e. The topological polar surface area (TPSA) is 111 Å². The molecule has 0 unspecified atom stereocenters. The Labute approximate surface area is 141 Å². The van der Waals surface area contributed by atoms with E-state index in [1.54, 1.807) is 20.8 Å². The molecule has 0 saturated heterocycles. The molecule has 0 fully saturated rings. The third kappa shape index (κ3) is 6.69. The van der Waals surface area contributed by atoms with Gasteiger partial charge in [0.1, 0.15) is 18.0 Å². The van der Waals surface area contributed by atoms with Gasteiger partial charge in [0.2, 0.25) is 0 Å². The Bertz CT molecular complexity index is 693. The van der Waals surface area contributed by atoms with Crippen LogP contribution in [0.3, 0.4) is 0 Å². The number of amides is 1. The zero-order valence-corrected chi connectivity index (χ0v) is 13.7. The molecular weight excluding hydrogens is 345 g/mol. The minimum absolute atomic E-state index is 0.175. The van der Waals surface area contributed by atoms with Crippen molar-refractivity contribution >= 4 is 23.5 Å². The van der Waals surface area contributed by atoms with Crippen molar-refractivity contribution in [3.05, 3.63) is 23.8 Å². The van der Waals surface area contributed by atoms with Crippen LogP contribution in [0.25, 0.3) is 0 Å². The first-order valence-corrected chi connectivity index (χ1v) is 6.93. The van der Waals surface area contributed by atoms with Crippen LogP contribution in [0.1, 0.15) is 26.3 Å². The van der Waals surface area contributed by atoms with E-state index in [1.807, 2.05) is 0 Å². The summed E-state index contributed by atoms with van der Waals surface area (Å²) in [6.07, 6.45) is -5.70. The number of nitrogen functional groups attached to an aromatic ring is 1. The molecule has 1 amide bonds. The number of nitrogens with two attached hydrogens (primary N) is 1. The Morgan fingerprint density at radius 1 is 1.24 bits per heavy atom. The number of carbonyl (C=O) groups is 2. The molecule has 0 aliphatic heterocycles. The number of carboxylic acids is 1. The van der Waals surface area contributed by atoms with Crippen LogP contribution in [0.2, 0.25) is 0 Å². The van der Waals surface area contributed by atoms with E-state index in [2.05, 4.69) is 4.99 Å². The van der Waals surface area contributed by atoms with Crippen molar-refractivity contribution in [3.63, 3.8) is 0 Å². The number of aliphatic imine (C=N–C) groups is 1. The van der Waals surface area contributed by atoms with Crippen LogP contribution in [0, 0.1) is 0 Å². The lowest BCUT2D eigenvalue weighted by Crippen LogP contribution is -2.26. The van der Waals surface area contributed by atoms with E-state index in [9.17, 15) is 22.8 Å². The van der Waals surface area contributed by atoms with Gasteiger partial charge < -0.3 is 20.3 Å². The van der Waals surface area contributed by atoms with Crippen LogP contribution < -0.4 is 10.5 Å². The Hall–Kier alpha value is -2.78. The van der Waals surface area contributed by atoms with Crippen LogP contribution in [0.15, 0.2) is 23.2 Å². The minimum atomic E-state index is -4.57. The SMILES string of the molecule is CC(C)(C)OC(=O)N=C(COc1ccc(C(F)(F)F)cc1N)C(=O)O. The molecule has 3 N–H and O–H groups in total. The van der Waals surface area contributed by atoms with Crippen LogP contribution >= 0.6 is 0 Å². The largest absolute Gasteiger partial charge is 0.485 e. The van der Waals surface area contributed by atoms with Crippen LogP contribution in [-0.2, 0) is 15.7 Å². The van der Waals surface area contributed by atoms with Gasteiger partial charge in [-0.05, 0) is 39.0 Å². The lowest BCUT2D eigenvalue weighted by atomic mass is 10.2. The first-order valence-electron chi connectivity index (χ1n) is 6.93. The van der Waals surface area contributed by atoms with E-state index in [1.165, 1.54) is 0 Å². The number of carbonyl (C=O) groups excluding carboxylic acids is 1. The molecule has 0 bridgehead atoms. The summed E-state index contributed by atoms with van der Waals surface area (Å²) in [5, 5.41) is 9.02. The first-order chi connectivity index (χ1) is 11.3. The van der Waals surface area contributed by atoms with E-state index < -0.39 is 41.7 Å². The number of aliphatic carboxylic acids is 1. The van der Waals surface area contributed by atoms with E-state index >= 15 is 0 Å². The number of anilines is 1. The molecule has 7 nitrogen and oxygen atoms in total. The molecule has 0 aromatic heterocycles. The fourth-order valence-electron chi connectivity index (χ4n) is 1.54. The number of nitrogens with zero attached hydrogens (tertiary/aromatic N) is 1. The quantitative estimate of drug-likeness (QED) is 0.629. The Morgan fingerprint density at radius 3 is 2.28 bits per heavy atom. The number of alkyl halides is 3. The van der Waals surface area contributed by atoms with Crippen molar-refractivity contribution in [2.24, 2.45) is 4.99 Å². The highest BCUT2D eigenvalue weighted by Crippen LogP contribution is 2.33. The molecule has 1 aromatic carbocycles. The number of carboxylic acid groups (broad SMARTS) is 1. The third-order valence-corrected chi connectivity index (χ3v) is 2.57. The number of rotatable bonds is 4. The number of halogens is 3. The number of hydrogen-bond acceptors (Lipinski definition) is 5. The van der Waals surface area contributed by atoms with Crippen molar-refractivity contribution in [2.75, 3.05) is 12.3 Å². The summed E-state index contributed by atoms with van der Waals surface area (Å²) >= 11 is 0. The lowest BCUT2D eigenvalue weighted by Gasteiger charge is -2.17. The van der Waals surface area contributed by atoms with E-state index in [0.717, 1.165) is 12.1 Å². The van der Waals surface area contributed by atoms with Crippen LogP contribution in [0.5, 0.6) is 5.75 Å². The highest BCUT2D eigenvalue weighted by molar-refractivity contribution is 6.37. The molecule has 0 aliphatic rings. The van der Waals surface area contributed by atoms with Crippen molar-refractivity contribution in [2.45, 2.75) is 32.5 Å². The first kappa shape index (κ1) is 20.3. The monoisotopic (exact) mass is 362 g/mol. The number of benzene rings is 1. The second-order valence-electron chi connectivity index (χ2n) is 5.88. The fourth-order valence-corrected chi connectivity index (χ4v) is 1.54. The summed E-state index contributed by atoms with van der Waals surface area (Å²) in [6.45, 7) is 4.02. The average molecular weight is 362 g/mol. The standard InChI is InChI=1S/C15H17F3N2O5/c1-14(2,3)25-13(23)20-10(12(21)22)7-24-11-5-4-8(6-9(11)19)15(16,17)18/h4-6H,7,19H2,1-3H3,(H,21,22). The van der Waals surface area contributed by atoms with E-state index in [4.69, 9.17) is 20.3 Å². The third-order valence-electron chi connectivity index (χ3n) is 2.57. The summed E-state index contributed by atoms with van der Waals surface area (Å²) in [4.78, 5) is 25.9. The fraction of sp³-hybridized carbons (Fsp3) is 0.400. The average Bonchev–Trinajstić information content (AvgIpc) is 2.41. The zero-order valence-electron chi connectivity index (χ0n) is 13.7.